The summed E-state index contributed by atoms with van der Waals surface area (Å²) in [6, 6.07) is 0. The second-order valence-corrected chi connectivity index (χ2v) is 4.00. The molecule has 0 heterocycles. The van der Waals surface area contributed by atoms with E-state index in [1.165, 1.54) is 0 Å². The van der Waals surface area contributed by atoms with E-state index >= 15 is 0 Å². The molecule has 2 saturated carbocycles. The van der Waals surface area contributed by atoms with Gasteiger partial charge in [0, 0.05) is 0 Å². The molecule has 72 valence electrons. The van der Waals surface area contributed by atoms with Crippen molar-refractivity contribution < 1.29 is 13.2 Å². The van der Waals surface area contributed by atoms with Crippen LogP contribution >= 0.6 is 12.3 Å². The zero-order valence-corrected chi connectivity index (χ0v) is 8.09. The van der Waals surface area contributed by atoms with Crippen LogP contribution in [0, 0.1) is 11.8 Å². The summed E-state index contributed by atoms with van der Waals surface area (Å²) in [6.45, 7) is 3.63. The molecule has 2 atom stereocenters. The minimum atomic E-state index is -0.171. The number of rotatable bonds is 5. The molecule has 0 aliphatic heterocycles. The zero-order chi connectivity index (χ0) is 9.26. The molecule has 2 aliphatic carbocycles. The maximum atomic E-state index is 11.2. The van der Waals surface area contributed by atoms with E-state index in [4.69, 9.17) is 8.37 Å². The van der Waals surface area contributed by atoms with Gasteiger partial charge in [-0.15, -0.1) is 6.58 Å². The molecule has 0 aromatic heterocycles. The smallest absolute Gasteiger partial charge is 0.323 e. The Morgan fingerprint density at radius 2 is 2.31 bits per heavy atom. The van der Waals surface area contributed by atoms with Crippen LogP contribution in [0.4, 0.5) is 0 Å². The highest BCUT2D eigenvalue weighted by Crippen LogP contribution is 2.41. The SMILES string of the molecule is C=CC1CC1C(=O)OSOC1CC1. The number of carbonyl (C=O) groups is 1. The Hall–Kier alpha value is -0.480. The van der Waals surface area contributed by atoms with Crippen molar-refractivity contribution in [2.45, 2.75) is 25.4 Å². The standard InChI is InChI=1S/C9H12O3S/c1-2-6-5-8(6)9(10)12-13-11-7-3-4-7/h2,6-8H,1,3-5H2. The van der Waals surface area contributed by atoms with Crippen molar-refractivity contribution in [2.75, 3.05) is 0 Å². The highest BCUT2D eigenvalue weighted by Gasteiger charge is 2.42. The molecule has 0 spiro atoms. The van der Waals surface area contributed by atoms with Gasteiger partial charge in [-0.2, -0.15) is 0 Å². The molecule has 3 nitrogen and oxygen atoms in total. The Morgan fingerprint density at radius 3 is 2.85 bits per heavy atom. The molecular formula is C9H12O3S. The minimum absolute atomic E-state index is 0.0350. The van der Waals surface area contributed by atoms with E-state index in [0.717, 1.165) is 31.6 Å². The van der Waals surface area contributed by atoms with Gasteiger partial charge >= 0.3 is 5.97 Å². The van der Waals surface area contributed by atoms with Gasteiger partial charge in [-0.3, -0.25) is 8.98 Å². The molecule has 0 radical (unpaired) electrons. The van der Waals surface area contributed by atoms with E-state index in [9.17, 15) is 4.79 Å². The summed E-state index contributed by atoms with van der Waals surface area (Å²) in [5.74, 6) is 0.192. The first kappa shape index (κ1) is 9.09. The lowest BCUT2D eigenvalue weighted by Gasteiger charge is -1.99. The molecule has 0 saturated heterocycles. The summed E-state index contributed by atoms with van der Waals surface area (Å²) >= 11 is 0.829. The Morgan fingerprint density at radius 1 is 1.54 bits per heavy atom. The first-order valence-electron chi connectivity index (χ1n) is 4.47. The fourth-order valence-electron chi connectivity index (χ4n) is 1.08. The van der Waals surface area contributed by atoms with Crippen LogP contribution in [0.1, 0.15) is 19.3 Å². The summed E-state index contributed by atoms with van der Waals surface area (Å²) in [5.41, 5.74) is 0. The summed E-state index contributed by atoms with van der Waals surface area (Å²) in [6.07, 6.45) is 5.17. The Bertz CT molecular complexity index is 225. The second-order valence-electron chi connectivity index (χ2n) is 3.51. The van der Waals surface area contributed by atoms with E-state index < -0.39 is 0 Å². The van der Waals surface area contributed by atoms with E-state index in [1.807, 2.05) is 0 Å². The zero-order valence-electron chi connectivity index (χ0n) is 7.27. The monoisotopic (exact) mass is 200 g/mol. The average Bonchev–Trinajstić information content (AvgIpc) is 3.00. The first-order chi connectivity index (χ1) is 6.31. The van der Waals surface area contributed by atoms with Crippen molar-refractivity contribution in [3.8, 4) is 0 Å². The van der Waals surface area contributed by atoms with Gasteiger partial charge in [0.2, 0.25) is 12.3 Å². The van der Waals surface area contributed by atoms with Crippen molar-refractivity contribution in [3.63, 3.8) is 0 Å². The van der Waals surface area contributed by atoms with Crippen LogP contribution in [-0.2, 0) is 13.2 Å². The molecule has 4 heteroatoms. The number of hydrogen-bond donors (Lipinski definition) is 0. The van der Waals surface area contributed by atoms with Crippen LogP contribution in [0.25, 0.3) is 0 Å². The highest BCUT2D eigenvalue weighted by atomic mass is 32.2. The Balaban J connectivity index is 1.58. The topological polar surface area (TPSA) is 35.5 Å². The van der Waals surface area contributed by atoms with Crippen molar-refractivity contribution >= 4 is 18.3 Å². The van der Waals surface area contributed by atoms with Gasteiger partial charge in [-0.25, -0.2) is 0 Å². The lowest BCUT2D eigenvalue weighted by molar-refractivity contribution is -0.135. The van der Waals surface area contributed by atoms with Crippen LogP contribution in [0.3, 0.4) is 0 Å². The first-order valence-corrected chi connectivity index (χ1v) is 5.14. The lowest BCUT2D eigenvalue weighted by Crippen LogP contribution is -2.03. The van der Waals surface area contributed by atoms with Crippen LogP contribution in [0.15, 0.2) is 12.7 Å². The van der Waals surface area contributed by atoms with E-state index in [2.05, 4.69) is 6.58 Å². The van der Waals surface area contributed by atoms with Crippen molar-refractivity contribution in [3.05, 3.63) is 12.7 Å². The minimum Gasteiger partial charge on any atom is -0.364 e. The third-order valence-electron chi connectivity index (χ3n) is 2.26. The molecule has 0 amide bonds. The molecule has 0 bridgehead atoms. The van der Waals surface area contributed by atoms with Gasteiger partial charge in [0.25, 0.3) is 0 Å². The Kier molecular flexibility index (Phi) is 2.60. The fraction of sp³-hybridized carbons (Fsp3) is 0.667. The summed E-state index contributed by atoms with van der Waals surface area (Å²) in [4.78, 5) is 11.2. The normalized spacial score (nSPS) is 31.1. The van der Waals surface area contributed by atoms with Gasteiger partial charge in [0.05, 0.1) is 12.0 Å². The summed E-state index contributed by atoms with van der Waals surface area (Å²) in [5, 5.41) is 0. The van der Waals surface area contributed by atoms with Crippen molar-refractivity contribution in [1.29, 1.82) is 0 Å². The van der Waals surface area contributed by atoms with Gasteiger partial charge in [0.15, 0.2) is 0 Å². The van der Waals surface area contributed by atoms with Gasteiger partial charge in [0.1, 0.15) is 0 Å². The molecule has 2 fully saturated rings. The van der Waals surface area contributed by atoms with Gasteiger partial charge < -0.3 is 4.18 Å². The number of hydrogen-bond acceptors (Lipinski definition) is 4. The predicted molar refractivity (Wildman–Crippen MR) is 49.6 cm³/mol. The number of allylic oxidation sites excluding steroid dienone is 1. The molecule has 0 aromatic carbocycles. The molecule has 2 unspecified atom stereocenters. The summed E-state index contributed by atoms with van der Waals surface area (Å²) < 4.78 is 9.97. The number of carbonyl (C=O) groups excluding carboxylic acids is 1. The summed E-state index contributed by atoms with van der Waals surface area (Å²) in [7, 11) is 0. The fourth-order valence-corrected chi connectivity index (χ4v) is 1.61. The third-order valence-corrected chi connectivity index (χ3v) is 2.84. The molecular weight excluding hydrogens is 188 g/mol. The van der Waals surface area contributed by atoms with E-state index in [1.54, 1.807) is 6.08 Å². The van der Waals surface area contributed by atoms with Gasteiger partial charge in [-0.1, -0.05) is 6.08 Å². The predicted octanol–water partition coefficient (Wildman–Crippen LogP) is 2.09. The van der Waals surface area contributed by atoms with Crippen molar-refractivity contribution in [1.82, 2.24) is 0 Å². The Labute approximate surface area is 81.9 Å². The molecule has 2 rings (SSSR count). The van der Waals surface area contributed by atoms with Crippen LogP contribution < -0.4 is 0 Å². The maximum Gasteiger partial charge on any atom is 0.323 e. The molecule has 0 N–H and O–H groups in total. The molecule has 0 aromatic rings. The second kappa shape index (κ2) is 3.72. The van der Waals surface area contributed by atoms with Crippen LogP contribution in [0.2, 0.25) is 0 Å². The molecule has 13 heavy (non-hydrogen) atoms. The molecule has 2 aliphatic rings. The average molecular weight is 200 g/mol. The largest absolute Gasteiger partial charge is 0.364 e. The van der Waals surface area contributed by atoms with Crippen molar-refractivity contribution in [2.24, 2.45) is 11.8 Å². The van der Waals surface area contributed by atoms with Crippen LogP contribution in [-0.4, -0.2) is 12.1 Å². The van der Waals surface area contributed by atoms with Crippen LogP contribution in [0.5, 0.6) is 0 Å². The maximum absolute atomic E-state index is 11.2. The highest BCUT2D eigenvalue weighted by molar-refractivity contribution is 7.90. The quantitative estimate of drug-likeness (QED) is 0.503. The lowest BCUT2D eigenvalue weighted by atomic mass is 10.3. The van der Waals surface area contributed by atoms with E-state index in [0.29, 0.717) is 12.0 Å². The third kappa shape index (κ3) is 2.48. The van der Waals surface area contributed by atoms with Gasteiger partial charge in [-0.05, 0) is 25.2 Å². The van der Waals surface area contributed by atoms with E-state index in [-0.39, 0.29) is 11.9 Å².